The molecule has 0 saturated carbocycles. The van der Waals surface area contributed by atoms with E-state index >= 15 is 0 Å². The quantitative estimate of drug-likeness (QED) is 0.819. The number of hydrogen-bond acceptors (Lipinski definition) is 3. The highest BCUT2D eigenvalue weighted by atomic mass is 32.1. The first-order valence-electron chi connectivity index (χ1n) is 3.98. The van der Waals surface area contributed by atoms with Gasteiger partial charge in [-0.05, 0) is 17.5 Å². The van der Waals surface area contributed by atoms with Crippen LogP contribution in [0.5, 0.6) is 0 Å². The van der Waals surface area contributed by atoms with Crippen molar-refractivity contribution in [3.8, 4) is 11.3 Å². The Morgan fingerprint density at radius 1 is 1.64 bits per heavy atom. The van der Waals surface area contributed by atoms with Crippen molar-refractivity contribution in [2.24, 2.45) is 7.05 Å². The largest absolute Gasteiger partial charge is 0.477 e. The fourth-order valence-electron chi connectivity index (χ4n) is 1.22. The van der Waals surface area contributed by atoms with Gasteiger partial charge in [0.25, 0.3) is 0 Å². The number of rotatable bonds is 2. The van der Waals surface area contributed by atoms with Crippen LogP contribution in [0.2, 0.25) is 0 Å². The summed E-state index contributed by atoms with van der Waals surface area (Å²) >= 11 is 1.56. The van der Waals surface area contributed by atoms with Crippen LogP contribution in [0, 0.1) is 0 Å². The lowest BCUT2D eigenvalue weighted by molar-refractivity contribution is 0.0685. The molecule has 72 valence electrons. The van der Waals surface area contributed by atoms with E-state index in [1.54, 1.807) is 24.5 Å². The molecule has 5 heteroatoms. The molecule has 4 nitrogen and oxygen atoms in total. The highest BCUT2D eigenvalue weighted by Gasteiger charge is 2.12. The molecule has 0 aliphatic rings. The van der Waals surface area contributed by atoms with Crippen molar-refractivity contribution in [1.82, 2.24) is 9.78 Å². The maximum atomic E-state index is 10.7. The lowest BCUT2D eigenvalue weighted by Gasteiger charge is -1.91. The minimum atomic E-state index is -0.957. The Hall–Kier alpha value is -1.62. The molecule has 2 rings (SSSR count). The number of hydrogen-bond donors (Lipinski definition) is 1. The van der Waals surface area contributed by atoms with Crippen molar-refractivity contribution in [2.45, 2.75) is 0 Å². The number of nitrogens with zero attached hydrogens (tertiary/aromatic N) is 2. The third-order valence-electron chi connectivity index (χ3n) is 1.92. The van der Waals surface area contributed by atoms with Crippen LogP contribution in [0.3, 0.4) is 0 Å². The van der Waals surface area contributed by atoms with Crippen LogP contribution >= 0.6 is 11.3 Å². The molecular formula is C9H8N2O2S. The number of thiophene rings is 1. The lowest BCUT2D eigenvalue weighted by atomic mass is 10.2. The highest BCUT2D eigenvalue weighted by Crippen LogP contribution is 2.21. The van der Waals surface area contributed by atoms with E-state index in [-0.39, 0.29) is 5.69 Å². The summed E-state index contributed by atoms with van der Waals surface area (Å²) in [5.41, 5.74) is 1.86. The molecule has 0 aliphatic carbocycles. The van der Waals surface area contributed by atoms with Crippen LogP contribution in [-0.4, -0.2) is 20.9 Å². The fraction of sp³-hybridized carbons (Fsp3) is 0.111. The molecule has 1 N–H and O–H groups in total. The molecule has 0 aliphatic heterocycles. The number of carboxylic acids is 1. The van der Waals surface area contributed by atoms with Gasteiger partial charge in [0.15, 0.2) is 0 Å². The summed E-state index contributed by atoms with van der Waals surface area (Å²) in [4.78, 5) is 10.7. The third kappa shape index (κ3) is 1.42. The summed E-state index contributed by atoms with van der Waals surface area (Å²) in [6, 6.07) is 3.49. The molecule has 0 amide bonds. The monoisotopic (exact) mass is 208 g/mol. The molecule has 2 aromatic heterocycles. The maximum Gasteiger partial charge on any atom is 0.354 e. The van der Waals surface area contributed by atoms with E-state index in [0.29, 0.717) is 5.69 Å². The van der Waals surface area contributed by atoms with Crippen molar-refractivity contribution >= 4 is 17.3 Å². The Labute approximate surface area is 84.4 Å². The van der Waals surface area contributed by atoms with E-state index < -0.39 is 5.97 Å². The van der Waals surface area contributed by atoms with Gasteiger partial charge >= 0.3 is 5.97 Å². The van der Waals surface area contributed by atoms with E-state index in [9.17, 15) is 4.79 Å². The first kappa shape index (κ1) is 8.96. The zero-order valence-corrected chi connectivity index (χ0v) is 8.28. The summed E-state index contributed by atoms with van der Waals surface area (Å²) in [5.74, 6) is -0.957. The van der Waals surface area contributed by atoms with Gasteiger partial charge in [0.1, 0.15) is 5.69 Å². The molecule has 0 bridgehead atoms. The molecule has 0 fully saturated rings. The van der Waals surface area contributed by atoms with Gasteiger partial charge in [0, 0.05) is 18.0 Å². The van der Waals surface area contributed by atoms with Gasteiger partial charge in [-0.15, -0.1) is 0 Å². The van der Waals surface area contributed by atoms with E-state index in [2.05, 4.69) is 5.10 Å². The predicted molar refractivity (Wildman–Crippen MR) is 53.5 cm³/mol. The molecular weight excluding hydrogens is 200 g/mol. The smallest absolute Gasteiger partial charge is 0.354 e. The van der Waals surface area contributed by atoms with Crippen LogP contribution in [0.1, 0.15) is 10.5 Å². The number of aromatic nitrogens is 2. The van der Waals surface area contributed by atoms with Crippen molar-refractivity contribution in [3.05, 3.63) is 28.6 Å². The molecule has 2 aromatic rings. The molecule has 0 radical (unpaired) electrons. The molecule has 2 heterocycles. The number of carboxylic acid groups (broad SMARTS) is 1. The Balaban J connectivity index is 2.48. The SMILES string of the molecule is Cn1nc(-c2ccsc2)cc1C(=O)O. The third-order valence-corrected chi connectivity index (χ3v) is 2.60. The van der Waals surface area contributed by atoms with Crippen LogP contribution in [0.4, 0.5) is 0 Å². The van der Waals surface area contributed by atoms with Crippen molar-refractivity contribution in [2.75, 3.05) is 0 Å². The maximum absolute atomic E-state index is 10.7. The number of carbonyl (C=O) groups is 1. The Kier molecular flexibility index (Phi) is 2.09. The van der Waals surface area contributed by atoms with Gasteiger partial charge in [-0.3, -0.25) is 4.68 Å². The van der Waals surface area contributed by atoms with Crippen molar-refractivity contribution < 1.29 is 9.90 Å². The topological polar surface area (TPSA) is 55.1 Å². The van der Waals surface area contributed by atoms with E-state index in [0.717, 1.165) is 5.56 Å². The predicted octanol–water partition coefficient (Wildman–Crippen LogP) is 1.85. The standard InChI is InChI=1S/C9H8N2O2S/c1-11-8(9(12)13)4-7(10-11)6-2-3-14-5-6/h2-5H,1H3,(H,12,13). The molecule has 0 aromatic carbocycles. The van der Waals surface area contributed by atoms with Gasteiger partial charge < -0.3 is 5.11 Å². The Bertz CT molecular complexity index is 459. The molecule has 0 unspecified atom stereocenters. The van der Waals surface area contributed by atoms with E-state index in [1.165, 1.54) is 4.68 Å². The molecule has 0 atom stereocenters. The summed E-state index contributed by atoms with van der Waals surface area (Å²) in [7, 11) is 1.62. The number of aryl methyl sites for hydroxylation is 1. The van der Waals surface area contributed by atoms with Crippen molar-refractivity contribution in [1.29, 1.82) is 0 Å². The normalized spacial score (nSPS) is 10.4. The summed E-state index contributed by atoms with van der Waals surface area (Å²) in [6.07, 6.45) is 0. The van der Waals surface area contributed by atoms with Crippen molar-refractivity contribution in [3.63, 3.8) is 0 Å². The second kappa shape index (κ2) is 3.26. The number of aromatic carboxylic acids is 1. The summed E-state index contributed by atoms with van der Waals surface area (Å²) < 4.78 is 1.37. The average Bonchev–Trinajstić information content (AvgIpc) is 2.70. The average molecular weight is 208 g/mol. The molecule has 0 spiro atoms. The Morgan fingerprint density at radius 3 is 2.93 bits per heavy atom. The highest BCUT2D eigenvalue weighted by molar-refractivity contribution is 7.08. The second-order valence-corrected chi connectivity index (χ2v) is 3.64. The van der Waals surface area contributed by atoms with Crippen LogP contribution in [0.25, 0.3) is 11.3 Å². The van der Waals surface area contributed by atoms with Gasteiger partial charge in [-0.2, -0.15) is 16.4 Å². The van der Waals surface area contributed by atoms with Gasteiger partial charge in [-0.1, -0.05) is 0 Å². The minimum Gasteiger partial charge on any atom is -0.477 e. The van der Waals surface area contributed by atoms with Crippen LogP contribution in [0.15, 0.2) is 22.9 Å². The second-order valence-electron chi connectivity index (χ2n) is 2.86. The Morgan fingerprint density at radius 2 is 2.43 bits per heavy atom. The molecule has 0 saturated heterocycles. The minimum absolute atomic E-state index is 0.200. The zero-order valence-electron chi connectivity index (χ0n) is 7.47. The van der Waals surface area contributed by atoms with Gasteiger partial charge in [0.2, 0.25) is 0 Å². The fourth-order valence-corrected chi connectivity index (χ4v) is 1.87. The van der Waals surface area contributed by atoms with Gasteiger partial charge in [-0.25, -0.2) is 4.79 Å². The summed E-state index contributed by atoms with van der Waals surface area (Å²) in [6.45, 7) is 0. The van der Waals surface area contributed by atoms with E-state index in [1.807, 2.05) is 16.8 Å². The first-order chi connectivity index (χ1) is 6.68. The summed E-state index contributed by atoms with van der Waals surface area (Å²) in [5, 5.41) is 16.8. The first-order valence-corrected chi connectivity index (χ1v) is 4.92. The molecule has 14 heavy (non-hydrogen) atoms. The zero-order chi connectivity index (χ0) is 10.1. The lowest BCUT2D eigenvalue weighted by Crippen LogP contribution is -2.04. The van der Waals surface area contributed by atoms with E-state index in [4.69, 9.17) is 5.11 Å². The van der Waals surface area contributed by atoms with Crippen LogP contribution < -0.4 is 0 Å². The van der Waals surface area contributed by atoms with Crippen LogP contribution in [-0.2, 0) is 7.05 Å². The van der Waals surface area contributed by atoms with Gasteiger partial charge in [0.05, 0.1) is 5.69 Å².